The van der Waals surface area contributed by atoms with Crippen LogP contribution < -0.4 is 5.32 Å². The van der Waals surface area contributed by atoms with E-state index in [-0.39, 0.29) is 17.7 Å². The maximum atomic E-state index is 12.6. The molecule has 2 aliphatic rings. The number of nitrogens with zero attached hydrogens (tertiary/aromatic N) is 1. The average Bonchev–Trinajstić information content (AvgIpc) is 3.34. The quantitative estimate of drug-likeness (QED) is 0.805. The largest absolute Gasteiger partial charge is 0.352 e. The van der Waals surface area contributed by atoms with E-state index in [2.05, 4.69) is 5.32 Å². The Hall–Kier alpha value is -1.89. The van der Waals surface area contributed by atoms with Gasteiger partial charge in [0.15, 0.2) is 9.84 Å². The third kappa shape index (κ3) is 4.89. The summed E-state index contributed by atoms with van der Waals surface area (Å²) in [6.45, 7) is 3.01. The first-order valence-corrected chi connectivity index (χ1v) is 11.5. The molecule has 148 valence electrons. The molecule has 2 fully saturated rings. The van der Waals surface area contributed by atoms with E-state index in [1.54, 1.807) is 24.3 Å². The zero-order valence-corrected chi connectivity index (χ0v) is 16.6. The molecule has 1 saturated carbocycles. The standard InChI is InChI=1S/C20H28N2O4S/c1-15(19(23)21-18-6-2-3-7-18)27(25,26)14-16-8-10-17(11-9-16)20(24)22-12-4-5-13-22/h8-11,15,18H,2-7,12-14H2,1H3,(H,21,23)/t15-/m1/s1. The molecule has 0 unspecified atom stereocenters. The van der Waals surface area contributed by atoms with Crippen LogP contribution in [0.5, 0.6) is 0 Å². The Bertz CT molecular complexity index is 777. The van der Waals surface area contributed by atoms with E-state index < -0.39 is 21.0 Å². The first kappa shape index (κ1) is 19.9. The lowest BCUT2D eigenvalue weighted by Crippen LogP contribution is -2.42. The molecule has 1 aromatic carbocycles. The van der Waals surface area contributed by atoms with Gasteiger partial charge in [0.2, 0.25) is 5.91 Å². The van der Waals surface area contributed by atoms with Crippen molar-refractivity contribution < 1.29 is 18.0 Å². The van der Waals surface area contributed by atoms with Gasteiger partial charge in [-0.2, -0.15) is 0 Å². The lowest BCUT2D eigenvalue weighted by Gasteiger charge is -2.17. The highest BCUT2D eigenvalue weighted by atomic mass is 32.2. The summed E-state index contributed by atoms with van der Waals surface area (Å²) in [6, 6.07) is 6.79. The summed E-state index contributed by atoms with van der Waals surface area (Å²) < 4.78 is 25.2. The highest BCUT2D eigenvalue weighted by Crippen LogP contribution is 2.19. The predicted octanol–water partition coefficient (Wildman–Crippen LogP) is 2.28. The number of rotatable bonds is 6. The van der Waals surface area contributed by atoms with Gasteiger partial charge >= 0.3 is 0 Å². The fourth-order valence-corrected chi connectivity index (χ4v) is 5.06. The van der Waals surface area contributed by atoms with E-state index in [0.29, 0.717) is 11.1 Å². The van der Waals surface area contributed by atoms with Crippen LogP contribution in [0.1, 0.15) is 61.4 Å². The van der Waals surface area contributed by atoms with Crippen LogP contribution in [-0.4, -0.2) is 49.5 Å². The van der Waals surface area contributed by atoms with Crippen LogP contribution in [0, 0.1) is 0 Å². The van der Waals surface area contributed by atoms with Crippen molar-refractivity contribution in [1.82, 2.24) is 10.2 Å². The number of amides is 2. The summed E-state index contributed by atoms with van der Waals surface area (Å²) in [5.74, 6) is -0.626. The van der Waals surface area contributed by atoms with Crippen molar-refractivity contribution in [2.45, 2.75) is 62.5 Å². The molecule has 1 aliphatic heterocycles. The lowest BCUT2D eigenvalue weighted by molar-refractivity contribution is -0.121. The Balaban J connectivity index is 1.60. The first-order chi connectivity index (χ1) is 12.9. The maximum Gasteiger partial charge on any atom is 0.253 e. The van der Waals surface area contributed by atoms with Crippen LogP contribution in [0.3, 0.4) is 0 Å². The summed E-state index contributed by atoms with van der Waals surface area (Å²) in [7, 11) is -3.61. The van der Waals surface area contributed by atoms with Crippen LogP contribution in [-0.2, 0) is 20.4 Å². The van der Waals surface area contributed by atoms with Gasteiger partial charge in [0.25, 0.3) is 5.91 Å². The Morgan fingerprint density at radius 1 is 1.07 bits per heavy atom. The first-order valence-electron chi connectivity index (χ1n) is 9.77. The highest BCUT2D eigenvalue weighted by molar-refractivity contribution is 7.92. The van der Waals surface area contributed by atoms with Crippen molar-refractivity contribution in [2.24, 2.45) is 0 Å². The molecule has 1 atom stereocenters. The third-order valence-corrected chi connectivity index (χ3v) is 7.60. The topological polar surface area (TPSA) is 83.5 Å². The Morgan fingerprint density at radius 3 is 2.26 bits per heavy atom. The van der Waals surface area contributed by atoms with Crippen molar-refractivity contribution in [3.8, 4) is 0 Å². The Kier molecular flexibility index (Phi) is 6.19. The van der Waals surface area contributed by atoms with Crippen LogP contribution in [0.4, 0.5) is 0 Å². The smallest absolute Gasteiger partial charge is 0.253 e. The molecule has 7 heteroatoms. The predicted molar refractivity (Wildman–Crippen MR) is 104 cm³/mol. The molecule has 2 amide bonds. The summed E-state index contributed by atoms with van der Waals surface area (Å²) in [6.07, 6.45) is 6.06. The second-order valence-electron chi connectivity index (χ2n) is 7.64. The number of carbonyl (C=O) groups excluding carboxylic acids is 2. The van der Waals surface area contributed by atoms with E-state index in [9.17, 15) is 18.0 Å². The van der Waals surface area contributed by atoms with E-state index in [4.69, 9.17) is 0 Å². The Labute approximate surface area is 161 Å². The van der Waals surface area contributed by atoms with Crippen LogP contribution >= 0.6 is 0 Å². The molecule has 1 saturated heterocycles. The van der Waals surface area contributed by atoms with Crippen LogP contribution in [0.25, 0.3) is 0 Å². The molecule has 3 rings (SSSR count). The number of benzene rings is 1. The minimum Gasteiger partial charge on any atom is -0.352 e. The van der Waals surface area contributed by atoms with Crippen molar-refractivity contribution in [3.05, 3.63) is 35.4 Å². The molecular formula is C20H28N2O4S. The maximum absolute atomic E-state index is 12.6. The monoisotopic (exact) mass is 392 g/mol. The molecule has 6 nitrogen and oxygen atoms in total. The molecule has 0 radical (unpaired) electrons. The number of carbonyl (C=O) groups is 2. The lowest BCUT2D eigenvalue weighted by atomic mass is 10.1. The van der Waals surface area contributed by atoms with E-state index in [0.717, 1.165) is 51.6 Å². The van der Waals surface area contributed by atoms with Crippen molar-refractivity contribution in [3.63, 3.8) is 0 Å². The van der Waals surface area contributed by atoms with Gasteiger partial charge in [-0.3, -0.25) is 9.59 Å². The molecular weight excluding hydrogens is 364 g/mol. The molecule has 0 aromatic heterocycles. The van der Waals surface area contributed by atoms with Gasteiger partial charge in [-0.1, -0.05) is 25.0 Å². The SMILES string of the molecule is C[C@H](C(=O)NC1CCCC1)S(=O)(=O)Cc1ccc(C(=O)N2CCCC2)cc1. The zero-order valence-electron chi connectivity index (χ0n) is 15.8. The number of hydrogen-bond donors (Lipinski definition) is 1. The van der Waals surface area contributed by atoms with Crippen molar-refractivity contribution in [2.75, 3.05) is 13.1 Å². The fraction of sp³-hybridized carbons (Fsp3) is 0.600. The molecule has 1 aromatic rings. The van der Waals surface area contributed by atoms with Gasteiger partial charge in [-0.05, 0) is 50.3 Å². The average molecular weight is 393 g/mol. The second-order valence-corrected chi connectivity index (χ2v) is 9.96. The van der Waals surface area contributed by atoms with Crippen molar-refractivity contribution >= 4 is 21.7 Å². The number of sulfone groups is 1. The minimum absolute atomic E-state index is 0.00813. The molecule has 1 heterocycles. The van der Waals surface area contributed by atoms with Gasteiger partial charge in [0.05, 0.1) is 5.75 Å². The highest BCUT2D eigenvalue weighted by Gasteiger charge is 2.30. The van der Waals surface area contributed by atoms with Gasteiger partial charge in [-0.15, -0.1) is 0 Å². The molecule has 27 heavy (non-hydrogen) atoms. The summed E-state index contributed by atoms with van der Waals surface area (Å²) in [5, 5.41) is 1.78. The van der Waals surface area contributed by atoms with Crippen molar-refractivity contribution in [1.29, 1.82) is 0 Å². The summed E-state index contributed by atoms with van der Waals surface area (Å²) in [4.78, 5) is 26.5. The van der Waals surface area contributed by atoms with Gasteiger partial charge < -0.3 is 10.2 Å². The normalized spacial score (nSPS) is 19.2. The molecule has 0 bridgehead atoms. The third-order valence-electron chi connectivity index (χ3n) is 5.57. The molecule has 1 N–H and O–H groups in total. The van der Waals surface area contributed by atoms with Crippen LogP contribution in [0.2, 0.25) is 0 Å². The molecule has 1 aliphatic carbocycles. The molecule has 0 spiro atoms. The van der Waals surface area contributed by atoms with E-state index >= 15 is 0 Å². The van der Waals surface area contributed by atoms with E-state index in [1.165, 1.54) is 6.92 Å². The zero-order chi connectivity index (χ0) is 19.4. The minimum atomic E-state index is -3.61. The number of likely N-dealkylation sites (tertiary alicyclic amines) is 1. The summed E-state index contributed by atoms with van der Waals surface area (Å²) in [5.41, 5.74) is 1.17. The van der Waals surface area contributed by atoms with Crippen LogP contribution in [0.15, 0.2) is 24.3 Å². The van der Waals surface area contributed by atoms with Gasteiger partial charge in [0.1, 0.15) is 5.25 Å². The Morgan fingerprint density at radius 2 is 1.67 bits per heavy atom. The number of hydrogen-bond acceptors (Lipinski definition) is 4. The second kappa shape index (κ2) is 8.42. The fourth-order valence-electron chi connectivity index (χ4n) is 3.76. The number of nitrogens with one attached hydrogen (secondary N) is 1. The van der Waals surface area contributed by atoms with E-state index in [1.807, 2.05) is 4.90 Å². The van der Waals surface area contributed by atoms with Gasteiger partial charge in [-0.25, -0.2) is 8.42 Å². The van der Waals surface area contributed by atoms with Gasteiger partial charge in [0, 0.05) is 24.7 Å². The summed E-state index contributed by atoms with van der Waals surface area (Å²) >= 11 is 0.